The molecule has 1 aromatic rings. The number of aliphatic imine (C=N–C) groups is 1. The van der Waals surface area contributed by atoms with Gasteiger partial charge < -0.3 is 20.1 Å². The summed E-state index contributed by atoms with van der Waals surface area (Å²) < 4.78 is 10.5. The summed E-state index contributed by atoms with van der Waals surface area (Å²) >= 11 is 0. The molecule has 0 aliphatic carbocycles. The van der Waals surface area contributed by atoms with Gasteiger partial charge in [0.1, 0.15) is 6.54 Å². The minimum absolute atomic E-state index is 0. The number of nitrogens with zero attached hydrogens (tertiary/aromatic N) is 4. The number of nitrogens with two attached hydrogens (primary N) is 1. The van der Waals surface area contributed by atoms with Gasteiger partial charge in [-0.2, -0.15) is 4.98 Å². The van der Waals surface area contributed by atoms with Gasteiger partial charge in [-0.3, -0.25) is 0 Å². The number of methoxy groups -OCH3 is 1. The third-order valence-corrected chi connectivity index (χ3v) is 2.84. The third-order valence-electron chi connectivity index (χ3n) is 2.84. The zero-order valence-corrected chi connectivity index (χ0v) is 14.0. The molecule has 1 fully saturated rings. The van der Waals surface area contributed by atoms with Crippen molar-refractivity contribution < 1.29 is 9.47 Å². The van der Waals surface area contributed by atoms with Crippen LogP contribution in [-0.4, -0.2) is 53.7 Å². The van der Waals surface area contributed by atoms with Gasteiger partial charge in [-0.15, -0.1) is 24.0 Å². The maximum Gasteiger partial charge on any atom is 0.216 e. The molecular weight excluding hydrogens is 373 g/mol. The van der Waals surface area contributed by atoms with Crippen molar-refractivity contribution in [2.45, 2.75) is 19.6 Å². The first kappa shape index (κ1) is 16.9. The molecule has 0 bridgehead atoms. The molecule has 0 amide bonds. The number of halogens is 1. The first-order chi connectivity index (χ1) is 9.19. The number of aromatic nitrogens is 2. The number of rotatable bonds is 3. The summed E-state index contributed by atoms with van der Waals surface area (Å²) in [4.78, 5) is 14.6. The van der Waals surface area contributed by atoms with Gasteiger partial charge in [0.05, 0.1) is 19.8 Å². The quantitative estimate of drug-likeness (QED) is 0.461. The average molecular weight is 393 g/mol. The van der Waals surface area contributed by atoms with Gasteiger partial charge in [0.25, 0.3) is 0 Å². The molecular formula is C12H20IN5O2. The molecule has 1 atom stereocenters. The summed E-state index contributed by atoms with van der Waals surface area (Å²) in [7, 11) is 1.57. The molecule has 0 aromatic carbocycles. The van der Waals surface area contributed by atoms with Gasteiger partial charge in [0, 0.05) is 25.4 Å². The van der Waals surface area contributed by atoms with Gasteiger partial charge >= 0.3 is 0 Å². The first-order valence-electron chi connectivity index (χ1n) is 6.21. The Morgan fingerprint density at radius 3 is 3.15 bits per heavy atom. The summed E-state index contributed by atoms with van der Waals surface area (Å²) in [5, 5.41) is 0. The second-order valence-electron chi connectivity index (χ2n) is 4.32. The molecule has 0 saturated carbocycles. The lowest BCUT2D eigenvalue weighted by atomic mass is 10.3. The zero-order valence-electron chi connectivity index (χ0n) is 11.7. The van der Waals surface area contributed by atoms with Gasteiger partial charge in [-0.25, -0.2) is 9.98 Å². The average Bonchev–Trinajstić information content (AvgIpc) is 2.45. The van der Waals surface area contributed by atoms with E-state index in [2.05, 4.69) is 15.0 Å². The molecule has 1 saturated heterocycles. The number of hydrogen-bond acceptors (Lipinski definition) is 5. The fraction of sp³-hybridized carbons (Fsp3) is 0.583. The molecule has 2 heterocycles. The summed E-state index contributed by atoms with van der Waals surface area (Å²) in [5.74, 6) is 1.61. The van der Waals surface area contributed by atoms with E-state index in [1.807, 2.05) is 11.8 Å². The maximum absolute atomic E-state index is 5.96. The fourth-order valence-electron chi connectivity index (χ4n) is 1.85. The van der Waals surface area contributed by atoms with Crippen LogP contribution in [0.2, 0.25) is 0 Å². The Kier molecular flexibility index (Phi) is 6.93. The van der Waals surface area contributed by atoms with E-state index < -0.39 is 0 Å². The van der Waals surface area contributed by atoms with Crippen molar-refractivity contribution in [3.05, 3.63) is 18.1 Å². The molecule has 1 aromatic heterocycles. The molecule has 2 rings (SSSR count). The van der Waals surface area contributed by atoms with E-state index in [-0.39, 0.29) is 30.1 Å². The summed E-state index contributed by atoms with van der Waals surface area (Å²) in [5.41, 5.74) is 5.96. The van der Waals surface area contributed by atoms with E-state index in [0.717, 1.165) is 13.1 Å². The Hall–Kier alpha value is -1.16. The summed E-state index contributed by atoms with van der Waals surface area (Å²) in [6.07, 6.45) is 1.82. The molecule has 112 valence electrons. The lowest BCUT2D eigenvalue weighted by molar-refractivity contribution is 0.00528. The van der Waals surface area contributed by atoms with Gasteiger partial charge in [-0.05, 0) is 6.92 Å². The van der Waals surface area contributed by atoms with Crippen molar-refractivity contribution >= 4 is 29.9 Å². The fourth-order valence-corrected chi connectivity index (χ4v) is 1.85. The minimum Gasteiger partial charge on any atom is -0.481 e. The Bertz CT molecular complexity index is 457. The second kappa shape index (κ2) is 8.20. The van der Waals surface area contributed by atoms with Crippen LogP contribution in [0.25, 0.3) is 0 Å². The monoisotopic (exact) mass is 393 g/mol. The molecule has 7 nitrogen and oxygen atoms in total. The number of morpholine rings is 1. The summed E-state index contributed by atoms with van der Waals surface area (Å²) in [6.45, 7) is 4.55. The highest BCUT2D eigenvalue weighted by Crippen LogP contribution is 2.06. The van der Waals surface area contributed by atoms with Crippen molar-refractivity contribution in [3.63, 3.8) is 0 Å². The van der Waals surface area contributed by atoms with Crippen LogP contribution >= 0.6 is 24.0 Å². The SMILES string of the molecule is COc1ccnc(CN=C(N)N2CCOC(C)C2)n1.I. The van der Waals surface area contributed by atoms with Crippen LogP contribution in [0, 0.1) is 0 Å². The van der Waals surface area contributed by atoms with Crippen molar-refractivity contribution in [1.82, 2.24) is 14.9 Å². The Morgan fingerprint density at radius 1 is 1.65 bits per heavy atom. The molecule has 0 spiro atoms. The maximum atomic E-state index is 5.96. The highest BCUT2D eigenvalue weighted by Gasteiger charge is 2.17. The lowest BCUT2D eigenvalue weighted by Crippen LogP contribution is -2.47. The minimum atomic E-state index is 0. The van der Waals surface area contributed by atoms with E-state index in [1.165, 1.54) is 0 Å². The van der Waals surface area contributed by atoms with E-state index >= 15 is 0 Å². The van der Waals surface area contributed by atoms with Crippen LogP contribution in [0.4, 0.5) is 0 Å². The molecule has 0 radical (unpaired) electrons. The van der Waals surface area contributed by atoms with E-state index in [4.69, 9.17) is 15.2 Å². The third kappa shape index (κ3) is 4.75. The predicted octanol–water partition coefficient (Wildman–Crippen LogP) is 0.639. The number of guanidine groups is 1. The Balaban J connectivity index is 0.00000200. The van der Waals surface area contributed by atoms with E-state index in [9.17, 15) is 0 Å². The largest absolute Gasteiger partial charge is 0.481 e. The van der Waals surface area contributed by atoms with Crippen molar-refractivity contribution in [3.8, 4) is 5.88 Å². The molecule has 1 aliphatic rings. The topological polar surface area (TPSA) is 85.9 Å². The molecule has 1 aliphatic heterocycles. The van der Waals surface area contributed by atoms with E-state index in [0.29, 0.717) is 30.8 Å². The van der Waals surface area contributed by atoms with Crippen molar-refractivity contribution in [2.75, 3.05) is 26.8 Å². The van der Waals surface area contributed by atoms with Crippen LogP contribution in [0.15, 0.2) is 17.3 Å². The molecule has 8 heteroatoms. The molecule has 20 heavy (non-hydrogen) atoms. The van der Waals surface area contributed by atoms with Crippen LogP contribution in [0.5, 0.6) is 5.88 Å². The number of hydrogen-bond donors (Lipinski definition) is 1. The van der Waals surface area contributed by atoms with Gasteiger partial charge in [0.15, 0.2) is 11.8 Å². The summed E-state index contributed by atoms with van der Waals surface area (Å²) in [6, 6.07) is 1.69. The predicted molar refractivity (Wildman–Crippen MR) is 86.3 cm³/mol. The van der Waals surface area contributed by atoms with Crippen LogP contribution in [0.1, 0.15) is 12.7 Å². The number of ether oxygens (including phenoxy) is 2. The van der Waals surface area contributed by atoms with Crippen molar-refractivity contribution in [1.29, 1.82) is 0 Å². The highest BCUT2D eigenvalue weighted by molar-refractivity contribution is 14.0. The van der Waals surface area contributed by atoms with Crippen molar-refractivity contribution in [2.24, 2.45) is 10.7 Å². The lowest BCUT2D eigenvalue weighted by Gasteiger charge is -2.31. The van der Waals surface area contributed by atoms with Crippen LogP contribution in [0.3, 0.4) is 0 Å². The standard InChI is InChI=1S/C12H19N5O2.HI/c1-9-8-17(5-6-19-9)12(13)15-7-10-14-4-3-11(16-10)18-2;/h3-4,9H,5-8H2,1-2H3,(H2,13,15);1H. The Labute approximate surface area is 135 Å². The van der Waals surface area contributed by atoms with E-state index in [1.54, 1.807) is 19.4 Å². The second-order valence-corrected chi connectivity index (χ2v) is 4.32. The van der Waals surface area contributed by atoms with Gasteiger partial charge in [0.2, 0.25) is 5.88 Å². The normalized spacial score (nSPS) is 19.4. The molecule has 1 unspecified atom stereocenters. The Morgan fingerprint density at radius 2 is 2.45 bits per heavy atom. The zero-order chi connectivity index (χ0) is 13.7. The molecule has 2 N–H and O–H groups in total. The first-order valence-corrected chi connectivity index (χ1v) is 6.21. The van der Waals surface area contributed by atoms with Gasteiger partial charge in [-0.1, -0.05) is 0 Å². The van der Waals surface area contributed by atoms with Crippen LogP contribution < -0.4 is 10.5 Å². The van der Waals surface area contributed by atoms with Crippen LogP contribution in [-0.2, 0) is 11.3 Å². The smallest absolute Gasteiger partial charge is 0.216 e. The highest BCUT2D eigenvalue weighted by atomic mass is 127.